The summed E-state index contributed by atoms with van der Waals surface area (Å²) < 4.78 is 0. The summed E-state index contributed by atoms with van der Waals surface area (Å²) in [6, 6.07) is 8.36. The molecule has 0 radical (unpaired) electrons. The smallest absolute Gasteiger partial charge is 0.230 e. The number of hydrogen-bond donors (Lipinski definition) is 1. The van der Waals surface area contributed by atoms with E-state index in [0.29, 0.717) is 24.3 Å². The molecule has 1 unspecified atom stereocenters. The third-order valence-corrected chi connectivity index (χ3v) is 5.09. The summed E-state index contributed by atoms with van der Waals surface area (Å²) in [7, 11) is 0. The Morgan fingerprint density at radius 3 is 2.90 bits per heavy atom. The van der Waals surface area contributed by atoms with Crippen molar-refractivity contribution in [2.75, 3.05) is 18.0 Å². The molecule has 1 aromatic carbocycles. The predicted octanol–water partition coefficient (Wildman–Crippen LogP) is 2.90. The number of carbonyl (C=O) groups is 1. The molecule has 0 spiro atoms. The van der Waals surface area contributed by atoms with Gasteiger partial charge in [0.1, 0.15) is 0 Å². The molecule has 3 atom stereocenters. The largest absolute Gasteiger partial charge is 0.330 e. The van der Waals surface area contributed by atoms with Gasteiger partial charge in [0.25, 0.3) is 0 Å². The topological polar surface area (TPSA) is 46.3 Å². The van der Waals surface area contributed by atoms with Crippen LogP contribution in [0.15, 0.2) is 24.3 Å². The number of carbonyl (C=O) groups excluding carboxylic acids is 1. The lowest BCUT2D eigenvalue weighted by Crippen LogP contribution is -2.42. The molecule has 20 heavy (non-hydrogen) atoms. The van der Waals surface area contributed by atoms with Crippen LogP contribution in [0.25, 0.3) is 0 Å². The van der Waals surface area contributed by atoms with Crippen LogP contribution in [-0.2, 0) is 4.79 Å². The van der Waals surface area contributed by atoms with E-state index in [4.69, 9.17) is 5.73 Å². The molecule has 3 rings (SSSR count). The Hall–Kier alpha value is -1.35. The van der Waals surface area contributed by atoms with Gasteiger partial charge >= 0.3 is 0 Å². The highest BCUT2D eigenvalue weighted by Gasteiger charge is 2.37. The van der Waals surface area contributed by atoms with E-state index in [1.807, 2.05) is 11.0 Å². The monoisotopic (exact) mass is 272 g/mol. The zero-order chi connectivity index (χ0) is 14.1. The van der Waals surface area contributed by atoms with Gasteiger partial charge in [-0.2, -0.15) is 0 Å². The van der Waals surface area contributed by atoms with Crippen LogP contribution < -0.4 is 10.6 Å². The van der Waals surface area contributed by atoms with Gasteiger partial charge in [-0.25, -0.2) is 0 Å². The number of para-hydroxylation sites is 1. The molecule has 0 bridgehead atoms. The number of nitrogens with zero attached hydrogens (tertiary/aromatic N) is 1. The lowest BCUT2D eigenvalue weighted by atomic mass is 9.89. The summed E-state index contributed by atoms with van der Waals surface area (Å²) in [6.45, 7) is 3.74. The third kappa shape index (κ3) is 2.24. The van der Waals surface area contributed by atoms with Crippen molar-refractivity contribution in [1.82, 2.24) is 0 Å². The first-order valence-electron chi connectivity index (χ1n) is 7.82. The van der Waals surface area contributed by atoms with E-state index in [1.165, 1.54) is 5.56 Å². The molecule has 2 aliphatic rings. The van der Waals surface area contributed by atoms with Crippen LogP contribution in [0.4, 0.5) is 5.69 Å². The second-order valence-electron chi connectivity index (χ2n) is 6.27. The van der Waals surface area contributed by atoms with E-state index in [1.54, 1.807) is 0 Å². The molecule has 1 aromatic rings. The van der Waals surface area contributed by atoms with E-state index >= 15 is 0 Å². The number of fused-ring (bicyclic) bond motifs is 1. The SMILES string of the molecule is CC1CCN(C(=O)[C@@H]2CCC[C@@H]2CN)c2ccccc21. The summed E-state index contributed by atoms with van der Waals surface area (Å²) in [5, 5.41) is 0. The minimum Gasteiger partial charge on any atom is -0.330 e. The molecule has 3 nitrogen and oxygen atoms in total. The average Bonchev–Trinajstić information content (AvgIpc) is 2.96. The summed E-state index contributed by atoms with van der Waals surface area (Å²) in [5.74, 6) is 1.37. The lowest BCUT2D eigenvalue weighted by Gasteiger charge is -2.35. The Kier molecular flexibility index (Phi) is 3.79. The predicted molar refractivity (Wildman–Crippen MR) is 81.7 cm³/mol. The van der Waals surface area contributed by atoms with Gasteiger partial charge in [0.2, 0.25) is 5.91 Å². The summed E-state index contributed by atoms with van der Waals surface area (Å²) in [4.78, 5) is 14.9. The van der Waals surface area contributed by atoms with Gasteiger partial charge in [-0.05, 0) is 49.3 Å². The van der Waals surface area contributed by atoms with Crippen LogP contribution in [0.5, 0.6) is 0 Å². The Morgan fingerprint density at radius 1 is 1.30 bits per heavy atom. The fourth-order valence-electron chi connectivity index (χ4n) is 3.82. The number of amides is 1. The van der Waals surface area contributed by atoms with Crippen molar-refractivity contribution < 1.29 is 4.79 Å². The van der Waals surface area contributed by atoms with Gasteiger partial charge in [-0.1, -0.05) is 31.5 Å². The molecule has 1 heterocycles. The lowest BCUT2D eigenvalue weighted by molar-refractivity contribution is -0.123. The molecule has 1 amide bonds. The van der Waals surface area contributed by atoms with Crippen molar-refractivity contribution >= 4 is 11.6 Å². The molecular weight excluding hydrogens is 248 g/mol. The number of benzene rings is 1. The fourth-order valence-corrected chi connectivity index (χ4v) is 3.82. The summed E-state index contributed by atoms with van der Waals surface area (Å²) in [5.41, 5.74) is 8.28. The van der Waals surface area contributed by atoms with E-state index < -0.39 is 0 Å². The van der Waals surface area contributed by atoms with Crippen molar-refractivity contribution in [2.45, 2.75) is 38.5 Å². The van der Waals surface area contributed by atoms with Gasteiger partial charge in [-0.15, -0.1) is 0 Å². The Labute approximate surface area is 121 Å². The first-order valence-corrected chi connectivity index (χ1v) is 7.82. The molecule has 108 valence electrons. The maximum Gasteiger partial charge on any atom is 0.230 e. The molecule has 0 aromatic heterocycles. The molecule has 2 N–H and O–H groups in total. The van der Waals surface area contributed by atoms with Crippen LogP contribution in [0, 0.1) is 11.8 Å². The molecule has 1 fully saturated rings. The Morgan fingerprint density at radius 2 is 2.10 bits per heavy atom. The van der Waals surface area contributed by atoms with Crippen molar-refractivity contribution in [1.29, 1.82) is 0 Å². The normalized spacial score (nSPS) is 29.3. The molecule has 1 aliphatic heterocycles. The maximum atomic E-state index is 12.9. The second-order valence-corrected chi connectivity index (χ2v) is 6.27. The van der Waals surface area contributed by atoms with Crippen LogP contribution in [0.2, 0.25) is 0 Å². The molecule has 1 saturated carbocycles. The summed E-state index contributed by atoms with van der Waals surface area (Å²) in [6.07, 6.45) is 4.32. The quantitative estimate of drug-likeness (QED) is 0.899. The number of nitrogens with two attached hydrogens (primary N) is 1. The average molecular weight is 272 g/mol. The van der Waals surface area contributed by atoms with Gasteiger partial charge in [0.05, 0.1) is 0 Å². The highest BCUT2D eigenvalue weighted by atomic mass is 16.2. The first-order chi connectivity index (χ1) is 9.72. The minimum atomic E-state index is 0.140. The molecular formula is C17H24N2O. The van der Waals surface area contributed by atoms with Crippen LogP contribution in [0.1, 0.15) is 44.1 Å². The maximum absolute atomic E-state index is 12.9. The standard InChI is InChI=1S/C17H24N2O/c1-12-9-10-19(16-8-3-2-6-14(12)16)17(20)15-7-4-5-13(15)11-18/h2-3,6,8,12-13,15H,4-5,7,9-11,18H2,1H3/t12?,13-,15-/m1/s1. The van der Waals surface area contributed by atoms with Crippen molar-refractivity contribution in [3.63, 3.8) is 0 Å². The minimum absolute atomic E-state index is 0.140. The zero-order valence-electron chi connectivity index (χ0n) is 12.2. The highest BCUT2D eigenvalue weighted by Crippen LogP contribution is 2.38. The van der Waals surface area contributed by atoms with Crippen molar-refractivity contribution in [3.05, 3.63) is 29.8 Å². The summed E-state index contributed by atoms with van der Waals surface area (Å²) >= 11 is 0. The highest BCUT2D eigenvalue weighted by molar-refractivity contribution is 5.96. The van der Waals surface area contributed by atoms with Gasteiger partial charge in [-0.3, -0.25) is 4.79 Å². The van der Waals surface area contributed by atoms with Crippen LogP contribution in [-0.4, -0.2) is 19.0 Å². The van der Waals surface area contributed by atoms with Gasteiger partial charge in [0, 0.05) is 18.2 Å². The molecule has 0 saturated heterocycles. The van der Waals surface area contributed by atoms with E-state index in [2.05, 4.69) is 25.1 Å². The van der Waals surface area contributed by atoms with Crippen LogP contribution >= 0.6 is 0 Å². The number of rotatable bonds is 2. The van der Waals surface area contributed by atoms with E-state index in [9.17, 15) is 4.79 Å². The number of hydrogen-bond acceptors (Lipinski definition) is 2. The van der Waals surface area contributed by atoms with Gasteiger partial charge < -0.3 is 10.6 Å². The first kappa shape index (κ1) is 13.6. The zero-order valence-corrected chi connectivity index (χ0v) is 12.2. The van der Waals surface area contributed by atoms with Gasteiger partial charge in [0.15, 0.2) is 0 Å². The van der Waals surface area contributed by atoms with E-state index in [0.717, 1.165) is 37.9 Å². The Bertz CT molecular complexity index is 500. The third-order valence-electron chi connectivity index (χ3n) is 5.09. The van der Waals surface area contributed by atoms with E-state index in [-0.39, 0.29) is 5.92 Å². The Balaban J connectivity index is 1.88. The number of anilines is 1. The van der Waals surface area contributed by atoms with Crippen molar-refractivity contribution in [3.8, 4) is 0 Å². The second kappa shape index (κ2) is 5.57. The van der Waals surface area contributed by atoms with Crippen LogP contribution in [0.3, 0.4) is 0 Å². The van der Waals surface area contributed by atoms with Crippen molar-refractivity contribution in [2.24, 2.45) is 17.6 Å². The molecule has 1 aliphatic carbocycles. The molecule has 3 heteroatoms. The fraction of sp³-hybridized carbons (Fsp3) is 0.588.